The van der Waals surface area contributed by atoms with Gasteiger partial charge in [-0.1, -0.05) is 12.8 Å². The smallest absolute Gasteiger partial charge is 0.322 e. The van der Waals surface area contributed by atoms with Gasteiger partial charge in [-0.15, -0.1) is 0 Å². The number of ether oxygens (including phenoxy) is 1. The molecule has 13 heavy (non-hydrogen) atoms. The summed E-state index contributed by atoms with van der Waals surface area (Å²) in [5.74, 6) is -0.333. The van der Waals surface area contributed by atoms with E-state index in [1.807, 2.05) is 6.92 Å². The molecule has 4 heteroatoms. The second-order valence-electron chi connectivity index (χ2n) is 3.39. The highest BCUT2D eigenvalue weighted by Gasteiger charge is 2.12. The Balaban J connectivity index is 3.37. The molecule has 4 nitrogen and oxygen atoms in total. The molecular weight excluding hydrogens is 168 g/mol. The molecule has 4 N–H and O–H groups in total. The zero-order valence-corrected chi connectivity index (χ0v) is 8.45. The third-order valence-corrected chi connectivity index (χ3v) is 1.93. The van der Waals surface area contributed by atoms with E-state index < -0.39 is 6.04 Å². The van der Waals surface area contributed by atoms with Crippen LogP contribution < -0.4 is 11.5 Å². The van der Waals surface area contributed by atoms with E-state index in [9.17, 15) is 4.79 Å². The largest absolute Gasteiger partial charge is 0.468 e. The van der Waals surface area contributed by atoms with Crippen molar-refractivity contribution in [2.24, 2.45) is 11.5 Å². The minimum atomic E-state index is -0.474. The first-order valence-electron chi connectivity index (χ1n) is 4.67. The number of hydrogen-bond donors (Lipinski definition) is 2. The standard InChI is InChI=1S/C9H20N2O2/c1-7(10)5-3-4-6-8(11)9(12)13-2/h7-8H,3-6,10-11H2,1-2H3/t7-,8+/m1/s1. The minimum absolute atomic E-state index is 0.231. The molecule has 0 bridgehead atoms. The highest BCUT2D eigenvalue weighted by Crippen LogP contribution is 2.04. The van der Waals surface area contributed by atoms with E-state index in [2.05, 4.69) is 4.74 Å². The van der Waals surface area contributed by atoms with Gasteiger partial charge in [-0.2, -0.15) is 0 Å². The second-order valence-corrected chi connectivity index (χ2v) is 3.39. The number of unbranched alkanes of at least 4 members (excludes halogenated alkanes) is 1. The van der Waals surface area contributed by atoms with Gasteiger partial charge in [-0.25, -0.2) is 0 Å². The van der Waals surface area contributed by atoms with E-state index in [-0.39, 0.29) is 12.0 Å². The Kier molecular flexibility index (Phi) is 6.54. The molecule has 0 heterocycles. The third kappa shape index (κ3) is 6.54. The quantitative estimate of drug-likeness (QED) is 0.467. The van der Waals surface area contributed by atoms with E-state index in [1.165, 1.54) is 7.11 Å². The maximum absolute atomic E-state index is 10.9. The van der Waals surface area contributed by atoms with Crippen LogP contribution in [0.3, 0.4) is 0 Å². The van der Waals surface area contributed by atoms with Gasteiger partial charge in [0.05, 0.1) is 7.11 Å². The first-order chi connectivity index (χ1) is 6.07. The summed E-state index contributed by atoms with van der Waals surface area (Å²) in [4.78, 5) is 10.9. The van der Waals surface area contributed by atoms with E-state index in [1.54, 1.807) is 0 Å². The highest BCUT2D eigenvalue weighted by atomic mass is 16.5. The van der Waals surface area contributed by atoms with Crippen molar-refractivity contribution in [1.82, 2.24) is 0 Å². The number of carbonyl (C=O) groups is 1. The summed E-state index contributed by atoms with van der Waals surface area (Å²) < 4.78 is 4.50. The molecule has 0 fully saturated rings. The van der Waals surface area contributed by atoms with Crippen LogP contribution in [0.15, 0.2) is 0 Å². The van der Waals surface area contributed by atoms with Gasteiger partial charge in [0.15, 0.2) is 0 Å². The van der Waals surface area contributed by atoms with Crippen LogP contribution in [0.5, 0.6) is 0 Å². The predicted octanol–water partition coefficient (Wildman–Crippen LogP) is 0.394. The van der Waals surface area contributed by atoms with Gasteiger partial charge in [-0.3, -0.25) is 4.79 Å². The van der Waals surface area contributed by atoms with Gasteiger partial charge in [-0.05, 0) is 19.8 Å². The SMILES string of the molecule is COC(=O)[C@@H](N)CCCC[C@@H](C)N. The minimum Gasteiger partial charge on any atom is -0.468 e. The summed E-state index contributed by atoms with van der Waals surface area (Å²) in [6, 6.07) is -0.243. The molecule has 78 valence electrons. The van der Waals surface area contributed by atoms with E-state index in [0.29, 0.717) is 6.42 Å². The fraction of sp³-hybridized carbons (Fsp3) is 0.889. The molecule has 2 atom stereocenters. The first-order valence-corrected chi connectivity index (χ1v) is 4.67. The van der Waals surface area contributed by atoms with Crippen LogP contribution in [0.2, 0.25) is 0 Å². The Morgan fingerprint density at radius 3 is 2.31 bits per heavy atom. The van der Waals surface area contributed by atoms with E-state index >= 15 is 0 Å². The topological polar surface area (TPSA) is 78.3 Å². The Labute approximate surface area is 79.6 Å². The number of methoxy groups -OCH3 is 1. The monoisotopic (exact) mass is 188 g/mol. The van der Waals surface area contributed by atoms with Crippen molar-refractivity contribution in [3.8, 4) is 0 Å². The maximum atomic E-state index is 10.9. The van der Waals surface area contributed by atoms with Gasteiger partial charge < -0.3 is 16.2 Å². The lowest BCUT2D eigenvalue weighted by Crippen LogP contribution is -2.31. The number of carbonyl (C=O) groups excluding carboxylic acids is 1. The zero-order chi connectivity index (χ0) is 10.3. The van der Waals surface area contributed by atoms with Crippen LogP contribution >= 0.6 is 0 Å². The number of nitrogens with two attached hydrogens (primary N) is 2. The van der Waals surface area contributed by atoms with Gasteiger partial charge in [0.25, 0.3) is 0 Å². The Morgan fingerprint density at radius 1 is 1.31 bits per heavy atom. The summed E-state index contributed by atoms with van der Waals surface area (Å²) in [7, 11) is 1.35. The van der Waals surface area contributed by atoms with Gasteiger partial charge >= 0.3 is 5.97 Å². The average Bonchev–Trinajstić information content (AvgIpc) is 2.10. The molecule has 0 unspecified atom stereocenters. The van der Waals surface area contributed by atoms with Crippen molar-refractivity contribution in [3.05, 3.63) is 0 Å². The lowest BCUT2D eigenvalue weighted by atomic mass is 10.1. The van der Waals surface area contributed by atoms with E-state index in [0.717, 1.165) is 19.3 Å². The third-order valence-electron chi connectivity index (χ3n) is 1.93. The fourth-order valence-corrected chi connectivity index (χ4v) is 1.10. The van der Waals surface area contributed by atoms with Crippen molar-refractivity contribution in [1.29, 1.82) is 0 Å². The van der Waals surface area contributed by atoms with Crippen molar-refractivity contribution >= 4 is 5.97 Å². The van der Waals surface area contributed by atoms with Crippen LogP contribution in [0.1, 0.15) is 32.6 Å². The molecule has 0 aromatic heterocycles. The summed E-state index contributed by atoms with van der Waals surface area (Å²) in [5, 5.41) is 0. The van der Waals surface area contributed by atoms with Gasteiger partial charge in [0.1, 0.15) is 6.04 Å². The molecule has 0 aliphatic heterocycles. The summed E-state index contributed by atoms with van der Waals surface area (Å²) in [5.41, 5.74) is 11.1. The lowest BCUT2D eigenvalue weighted by molar-refractivity contribution is -0.142. The predicted molar refractivity (Wildman–Crippen MR) is 52.1 cm³/mol. The molecule has 0 aliphatic carbocycles. The molecule has 0 saturated heterocycles. The first kappa shape index (κ1) is 12.4. The normalized spacial score (nSPS) is 15.1. The van der Waals surface area contributed by atoms with Gasteiger partial charge in [0, 0.05) is 6.04 Å². The van der Waals surface area contributed by atoms with Gasteiger partial charge in [0.2, 0.25) is 0 Å². The van der Waals surface area contributed by atoms with Crippen molar-refractivity contribution in [2.75, 3.05) is 7.11 Å². The summed E-state index contributed by atoms with van der Waals surface area (Å²) >= 11 is 0. The Morgan fingerprint density at radius 2 is 1.85 bits per heavy atom. The van der Waals surface area contributed by atoms with Crippen LogP contribution in [-0.2, 0) is 9.53 Å². The molecule has 0 aromatic rings. The molecule has 0 aliphatic rings. The van der Waals surface area contributed by atoms with E-state index in [4.69, 9.17) is 11.5 Å². The number of hydrogen-bond acceptors (Lipinski definition) is 4. The Bertz CT molecular complexity index is 149. The van der Waals surface area contributed by atoms with Crippen LogP contribution in [0, 0.1) is 0 Å². The summed E-state index contributed by atoms with van der Waals surface area (Å²) in [6.07, 6.45) is 3.60. The molecule has 0 spiro atoms. The second kappa shape index (κ2) is 6.86. The molecule has 0 rings (SSSR count). The van der Waals surface area contributed by atoms with Crippen molar-refractivity contribution in [2.45, 2.75) is 44.7 Å². The Hall–Kier alpha value is -0.610. The van der Waals surface area contributed by atoms with Crippen molar-refractivity contribution in [3.63, 3.8) is 0 Å². The lowest BCUT2D eigenvalue weighted by Gasteiger charge is -2.09. The zero-order valence-electron chi connectivity index (χ0n) is 8.45. The molecule has 0 aromatic carbocycles. The molecule has 0 amide bonds. The molecule has 0 saturated carbocycles. The maximum Gasteiger partial charge on any atom is 0.322 e. The van der Waals surface area contributed by atoms with Crippen molar-refractivity contribution < 1.29 is 9.53 Å². The molecular formula is C9H20N2O2. The number of esters is 1. The van der Waals surface area contributed by atoms with Crippen LogP contribution in [0.4, 0.5) is 0 Å². The summed E-state index contributed by atoms with van der Waals surface area (Å²) in [6.45, 7) is 1.97. The van der Waals surface area contributed by atoms with Crippen LogP contribution in [-0.4, -0.2) is 25.2 Å². The highest BCUT2D eigenvalue weighted by molar-refractivity contribution is 5.75. The van der Waals surface area contributed by atoms with Crippen LogP contribution in [0.25, 0.3) is 0 Å². The average molecular weight is 188 g/mol. The number of rotatable bonds is 6. The fourth-order valence-electron chi connectivity index (χ4n) is 1.10. The molecule has 0 radical (unpaired) electrons.